The second kappa shape index (κ2) is 6.96. The third kappa shape index (κ3) is 3.52. The van der Waals surface area contributed by atoms with Crippen LogP contribution in [-0.4, -0.2) is 13.2 Å². The Labute approximate surface area is 120 Å². The monoisotopic (exact) mass is 271 g/mol. The molecule has 20 heavy (non-hydrogen) atoms. The predicted molar refractivity (Wildman–Crippen MR) is 81.6 cm³/mol. The number of benzene rings is 2. The maximum atomic E-state index is 5.97. The smallest absolute Gasteiger partial charge is 0.169 e. The Balaban J connectivity index is 2.21. The van der Waals surface area contributed by atoms with E-state index in [1.807, 2.05) is 44.2 Å². The molecule has 0 aliphatic rings. The lowest BCUT2D eigenvalue weighted by Crippen LogP contribution is -2.03. The van der Waals surface area contributed by atoms with Crippen LogP contribution < -0.4 is 15.2 Å². The van der Waals surface area contributed by atoms with Crippen LogP contribution in [0.5, 0.6) is 17.2 Å². The first-order valence-electron chi connectivity index (χ1n) is 6.94. The second-order valence-electron chi connectivity index (χ2n) is 4.62. The van der Waals surface area contributed by atoms with Crippen molar-refractivity contribution in [3.8, 4) is 17.2 Å². The molecule has 0 atom stereocenters. The standard InChI is InChI=1S/C17H21NO2/c1-3-19-16-6-4-5-7-17(16)20-15-9-8-14(10-11-18)12-13(15)2/h4-9,12H,3,10-11,18H2,1-2H3. The Morgan fingerprint density at radius 2 is 1.75 bits per heavy atom. The van der Waals surface area contributed by atoms with Crippen molar-refractivity contribution in [3.63, 3.8) is 0 Å². The van der Waals surface area contributed by atoms with E-state index < -0.39 is 0 Å². The lowest BCUT2D eigenvalue weighted by molar-refractivity contribution is 0.321. The van der Waals surface area contributed by atoms with Crippen molar-refractivity contribution in [2.24, 2.45) is 5.73 Å². The quantitative estimate of drug-likeness (QED) is 0.871. The molecule has 0 amide bonds. The molecule has 0 saturated carbocycles. The van der Waals surface area contributed by atoms with Gasteiger partial charge in [0.05, 0.1) is 6.61 Å². The second-order valence-corrected chi connectivity index (χ2v) is 4.62. The van der Waals surface area contributed by atoms with Crippen molar-refractivity contribution in [3.05, 3.63) is 53.6 Å². The molecular formula is C17H21NO2. The molecule has 0 aliphatic heterocycles. The molecule has 0 aliphatic carbocycles. The molecule has 0 radical (unpaired) electrons. The third-order valence-corrected chi connectivity index (χ3v) is 3.04. The fourth-order valence-corrected chi connectivity index (χ4v) is 2.08. The van der Waals surface area contributed by atoms with Gasteiger partial charge in [-0.1, -0.05) is 24.3 Å². The molecule has 0 fully saturated rings. The van der Waals surface area contributed by atoms with Crippen LogP contribution in [0.2, 0.25) is 0 Å². The Bertz CT molecular complexity index is 567. The van der Waals surface area contributed by atoms with Gasteiger partial charge >= 0.3 is 0 Å². The molecule has 106 valence electrons. The Kier molecular flexibility index (Phi) is 5.02. The summed E-state index contributed by atoms with van der Waals surface area (Å²) in [6.07, 6.45) is 0.886. The number of aryl methyl sites for hydroxylation is 1. The van der Waals surface area contributed by atoms with Crippen molar-refractivity contribution in [2.45, 2.75) is 20.3 Å². The van der Waals surface area contributed by atoms with Gasteiger partial charge in [-0.05, 0) is 56.1 Å². The van der Waals surface area contributed by atoms with Crippen LogP contribution in [0.3, 0.4) is 0 Å². The van der Waals surface area contributed by atoms with Crippen LogP contribution in [-0.2, 0) is 6.42 Å². The molecule has 0 saturated heterocycles. The van der Waals surface area contributed by atoms with E-state index in [0.717, 1.165) is 29.2 Å². The highest BCUT2D eigenvalue weighted by atomic mass is 16.5. The fraction of sp³-hybridized carbons (Fsp3) is 0.294. The highest BCUT2D eigenvalue weighted by Gasteiger charge is 2.07. The summed E-state index contributed by atoms with van der Waals surface area (Å²) in [6.45, 7) is 5.28. The first-order valence-corrected chi connectivity index (χ1v) is 6.94. The van der Waals surface area contributed by atoms with Gasteiger partial charge in [-0.15, -0.1) is 0 Å². The van der Waals surface area contributed by atoms with Gasteiger partial charge in [-0.2, -0.15) is 0 Å². The number of rotatable bonds is 6. The Morgan fingerprint density at radius 3 is 2.40 bits per heavy atom. The molecule has 2 aromatic rings. The Morgan fingerprint density at radius 1 is 1.00 bits per heavy atom. The summed E-state index contributed by atoms with van der Waals surface area (Å²) >= 11 is 0. The van der Waals surface area contributed by atoms with Gasteiger partial charge in [0.25, 0.3) is 0 Å². The van der Waals surface area contributed by atoms with Crippen LogP contribution in [0.25, 0.3) is 0 Å². The van der Waals surface area contributed by atoms with Crippen LogP contribution in [0, 0.1) is 6.92 Å². The minimum absolute atomic E-state index is 0.620. The molecule has 2 aromatic carbocycles. The van der Waals surface area contributed by atoms with E-state index in [0.29, 0.717) is 13.2 Å². The van der Waals surface area contributed by atoms with Crippen LogP contribution >= 0.6 is 0 Å². The molecule has 0 spiro atoms. The van der Waals surface area contributed by atoms with E-state index in [4.69, 9.17) is 15.2 Å². The van der Waals surface area contributed by atoms with Gasteiger partial charge in [0.15, 0.2) is 11.5 Å². The number of para-hydroxylation sites is 2. The van der Waals surface area contributed by atoms with Crippen molar-refractivity contribution in [1.82, 2.24) is 0 Å². The first kappa shape index (κ1) is 14.4. The van der Waals surface area contributed by atoms with Crippen LogP contribution in [0.4, 0.5) is 0 Å². The maximum Gasteiger partial charge on any atom is 0.169 e. The fourth-order valence-electron chi connectivity index (χ4n) is 2.08. The maximum absolute atomic E-state index is 5.97. The van der Waals surface area contributed by atoms with E-state index >= 15 is 0 Å². The molecule has 0 heterocycles. The molecule has 0 bridgehead atoms. The topological polar surface area (TPSA) is 44.5 Å². The van der Waals surface area contributed by atoms with E-state index in [-0.39, 0.29) is 0 Å². The number of nitrogens with two attached hydrogens (primary N) is 1. The highest BCUT2D eigenvalue weighted by Crippen LogP contribution is 2.33. The van der Waals surface area contributed by atoms with Crippen LogP contribution in [0.1, 0.15) is 18.1 Å². The van der Waals surface area contributed by atoms with Crippen molar-refractivity contribution >= 4 is 0 Å². The van der Waals surface area contributed by atoms with Gasteiger partial charge in [0.1, 0.15) is 5.75 Å². The van der Waals surface area contributed by atoms with Crippen molar-refractivity contribution < 1.29 is 9.47 Å². The Hall–Kier alpha value is -2.00. The summed E-state index contributed by atoms with van der Waals surface area (Å²) in [4.78, 5) is 0. The normalized spacial score (nSPS) is 10.3. The van der Waals surface area contributed by atoms with Gasteiger partial charge in [0, 0.05) is 0 Å². The van der Waals surface area contributed by atoms with Gasteiger partial charge in [-0.25, -0.2) is 0 Å². The molecular weight excluding hydrogens is 250 g/mol. The lowest BCUT2D eigenvalue weighted by atomic mass is 10.1. The largest absolute Gasteiger partial charge is 0.490 e. The number of hydrogen-bond acceptors (Lipinski definition) is 3. The van der Waals surface area contributed by atoms with E-state index in [1.165, 1.54) is 5.56 Å². The SMILES string of the molecule is CCOc1ccccc1Oc1ccc(CCN)cc1C. The van der Waals surface area contributed by atoms with Gasteiger partial charge in [0.2, 0.25) is 0 Å². The lowest BCUT2D eigenvalue weighted by Gasteiger charge is -2.13. The summed E-state index contributed by atoms with van der Waals surface area (Å²) < 4.78 is 11.5. The van der Waals surface area contributed by atoms with E-state index in [9.17, 15) is 0 Å². The summed E-state index contributed by atoms with van der Waals surface area (Å²) in [5.41, 5.74) is 7.91. The molecule has 3 nitrogen and oxygen atoms in total. The zero-order valence-electron chi connectivity index (χ0n) is 12.1. The van der Waals surface area contributed by atoms with Gasteiger partial charge < -0.3 is 15.2 Å². The molecule has 2 N–H and O–H groups in total. The molecule has 3 heteroatoms. The first-order chi connectivity index (χ1) is 9.74. The highest BCUT2D eigenvalue weighted by molar-refractivity contribution is 5.45. The molecule has 2 rings (SSSR count). The zero-order chi connectivity index (χ0) is 14.4. The minimum atomic E-state index is 0.620. The average Bonchev–Trinajstić information content (AvgIpc) is 2.44. The van der Waals surface area contributed by atoms with E-state index in [2.05, 4.69) is 12.1 Å². The molecule has 0 unspecified atom stereocenters. The summed E-state index contributed by atoms with van der Waals surface area (Å²) in [7, 11) is 0. The summed E-state index contributed by atoms with van der Waals surface area (Å²) in [5.74, 6) is 2.35. The van der Waals surface area contributed by atoms with E-state index in [1.54, 1.807) is 0 Å². The third-order valence-electron chi connectivity index (χ3n) is 3.04. The minimum Gasteiger partial charge on any atom is -0.490 e. The average molecular weight is 271 g/mol. The molecule has 0 aromatic heterocycles. The number of hydrogen-bond donors (Lipinski definition) is 1. The zero-order valence-corrected chi connectivity index (χ0v) is 12.1. The van der Waals surface area contributed by atoms with Crippen LogP contribution in [0.15, 0.2) is 42.5 Å². The van der Waals surface area contributed by atoms with Crippen molar-refractivity contribution in [1.29, 1.82) is 0 Å². The number of ether oxygens (including phenoxy) is 2. The summed E-state index contributed by atoms with van der Waals surface area (Å²) in [5, 5.41) is 0. The predicted octanol–water partition coefficient (Wildman–Crippen LogP) is 3.69. The summed E-state index contributed by atoms with van der Waals surface area (Å²) in [6, 6.07) is 13.9. The van der Waals surface area contributed by atoms with Crippen molar-refractivity contribution in [2.75, 3.05) is 13.2 Å². The van der Waals surface area contributed by atoms with Gasteiger partial charge in [-0.3, -0.25) is 0 Å².